The Hall–Kier alpha value is -4.26. The lowest BCUT2D eigenvalue weighted by Gasteiger charge is -1.95. The van der Waals surface area contributed by atoms with Crippen LogP contribution in [-0.2, 0) is 0 Å². The molecule has 2 aromatic carbocycles. The Morgan fingerprint density at radius 1 is 0.967 bits per heavy atom. The van der Waals surface area contributed by atoms with Gasteiger partial charge in [0.15, 0.2) is 5.76 Å². The minimum atomic E-state index is -0.394. The summed E-state index contributed by atoms with van der Waals surface area (Å²) in [4.78, 5) is 12.4. The van der Waals surface area contributed by atoms with Crippen LogP contribution in [0.1, 0.15) is 21.7 Å². The van der Waals surface area contributed by atoms with Gasteiger partial charge in [-0.25, -0.2) is 5.43 Å². The quantitative estimate of drug-likeness (QED) is 0.374. The zero-order chi connectivity index (χ0) is 20.8. The van der Waals surface area contributed by atoms with Crippen molar-refractivity contribution in [2.24, 2.45) is 5.10 Å². The lowest BCUT2D eigenvalue weighted by Crippen LogP contribution is -2.17. The summed E-state index contributed by atoms with van der Waals surface area (Å²) >= 11 is 0. The predicted molar refractivity (Wildman–Crippen MR) is 114 cm³/mol. The third-order valence-electron chi connectivity index (χ3n) is 4.23. The number of carbonyl (C=O) groups excluding carboxylic acids is 1. The molecule has 0 fully saturated rings. The second-order valence-corrected chi connectivity index (χ2v) is 6.35. The van der Waals surface area contributed by atoms with Gasteiger partial charge in [-0.2, -0.15) is 5.10 Å². The fraction of sp³-hybridized carbons (Fsp3) is 0.0435. The number of aromatic nitrogens is 2. The molecule has 0 spiro atoms. The van der Waals surface area contributed by atoms with Gasteiger partial charge >= 0.3 is 0 Å². The zero-order valence-corrected chi connectivity index (χ0v) is 16.1. The monoisotopic (exact) mass is 398 g/mol. The van der Waals surface area contributed by atoms with Crippen LogP contribution < -0.4 is 5.43 Å². The Bertz CT molecular complexity index is 1190. The Morgan fingerprint density at radius 2 is 1.67 bits per heavy atom. The summed E-state index contributed by atoms with van der Waals surface area (Å²) in [6.45, 7) is 1.69. The number of benzene rings is 2. The largest absolute Gasteiger partial charge is 0.455 e. The van der Waals surface area contributed by atoms with Crippen LogP contribution in [0, 0.1) is 6.92 Å². The Kier molecular flexibility index (Phi) is 5.61. The van der Waals surface area contributed by atoms with Crippen LogP contribution in [0.2, 0.25) is 0 Å². The zero-order valence-electron chi connectivity index (χ0n) is 16.1. The van der Waals surface area contributed by atoms with E-state index in [1.54, 1.807) is 19.1 Å². The van der Waals surface area contributed by atoms with Crippen LogP contribution in [0.5, 0.6) is 0 Å². The molecule has 30 heavy (non-hydrogen) atoms. The van der Waals surface area contributed by atoms with E-state index in [1.165, 1.54) is 6.21 Å². The van der Waals surface area contributed by atoms with Gasteiger partial charge in [0, 0.05) is 17.8 Å². The van der Waals surface area contributed by atoms with Gasteiger partial charge in [-0.05, 0) is 30.7 Å². The average Bonchev–Trinajstić information content (AvgIpc) is 3.42. The molecule has 2 aromatic heterocycles. The Labute approximate surface area is 172 Å². The van der Waals surface area contributed by atoms with Crippen LogP contribution in [-0.4, -0.2) is 22.3 Å². The molecule has 7 heteroatoms. The molecule has 0 saturated heterocycles. The lowest BCUT2D eigenvalue weighted by atomic mass is 10.2. The van der Waals surface area contributed by atoms with Crippen molar-refractivity contribution in [1.82, 2.24) is 15.6 Å². The first-order valence-electron chi connectivity index (χ1n) is 9.25. The van der Waals surface area contributed by atoms with E-state index in [4.69, 9.17) is 8.83 Å². The van der Waals surface area contributed by atoms with Gasteiger partial charge in [-0.3, -0.25) is 4.79 Å². The molecule has 0 aliphatic rings. The maximum absolute atomic E-state index is 12.4. The first-order valence-corrected chi connectivity index (χ1v) is 9.25. The van der Waals surface area contributed by atoms with E-state index in [1.807, 2.05) is 66.7 Å². The van der Waals surface area contributed by atoms with Crippen LogP contribution in [0.4, 0.5) is 0 Å². The average molecular weight is 398 g/mol. The fourth-order valence-electron chi connectivity index (χ4n) is 2.75. The molecular formula is C23H18N4O3. The number of amides is 1. The van der Waals surface area contributed by atoms with Gasteiger partial charge in [0.1, 0.15) is 5.76 Å². The summed E-state index contributed by atoms with van der Waals surface area (Å²) in [7, 11) is 0. The summed E-state index contributed by atoms with van der Waals surface area (Å²) < 4.78 is 11.3. The second kappa shape index (κ2) is 8.83. The number of carbonyl (C=O) groups is 1. The molecule has 0 aliphatic carbocycles. The highest BCUT2D eigenvalue weighted by atomic mass is 16.4. The summed E-state index contributed by atoms with van der Waals surface area (Å²) in [6, 6.07) is 20.8. The Morgan fingerprint density at radius 3 is 2.43 bits per heavy atom. The van der Waals surface area contributed by atoms with E-state index in [-0.39, 0.29) is 5.89 Å². The van der Waals surface area contributed by atoms with Crippen LogP contribution in [0.25, 0.3) is 29.2 Å². The second-order valence-electron chi connectivity index (χ2n) is 6.35. The highest BCUT2D eigenvalue weighted by Gasteiger charge is 2.19. The van der Waals surface area contributed by atoms with Gasteiger partial charge in [-0.1, -0.05) is 54.6 Å². The summed E-state index contributed by atoms with van der Waals surface area (Å²) in [6.07, 6.45) is 5.13. The van der Waals surface area contributed by atoms with E-state index in [0.29, 0.717) is 23.0 Å². The Balaban J connectivity index is 1.42. The fourth-order valence-corrected chi connectivity index (χ4v) is 2.75. The minimum absolute atomic E-state index is 0.199. The number of nitrogens with one attached hydrogen (secondary N) is 1. The molecule has 2 heterocycles. The number of hydrazone groups is 1. The molecule has 7 nitrogen and oxygen atoms in total. The van der Waals surface area contributed by atoms with Crippen molar-refractivity contribution in [3.05, 3.63) is 89.7 Å². The van der Waals surface area contributed by atoms with Gasteiger partial charge in [0.2, 0.25) is 5.89 Å². The summed E-state index contributed by atoms with van der Waals surface area (Å²) in [5, 5.41) is 12.0. The van der Waals surface area contributed by atoms with Crippen LogP contribution in [0.15, 0.2) is 86.7 Å². The summed E-state index contributed by atoms with van der Waals surface area (Å²) in [5.41, 5.74) is 4.66. The van der Waals surface area contributed by atoms with Crippen molar-refractivity contribution in [3.63, 3.8) is 0 Å². The molecule has 0 radical (unpaired) electrons. The topological polar surface area (TPSA) is 93.5 Å². The number of nitrogens with zero attached hydrogens (tertiary/aromatic N) is 3. The summed E-state index contributed by atoms with van der Waals surface area (Å²) in [5.74, 6) is 0.928. The van der Waals surface area contributed by atoms with Gasteiger partial charge < -0.3 is 8.83 Å². The molecular weight excluding hydrogens is 380 g/mol. The SMILES string of the molecule is Cc1oc(-c2nnc(-c3ccccc3)o2)cc1C(=O)N/N=C/C=C/c1ccccc1. The number of allylic oxidation sites excluding steroid dienone is 1. The van der Waals surface area contributed by atoms with E-state index >= 15 is 0 Å². The normalized spacial score (nSPS) is 11.4. The number of hydrogen-bond donors (Lipinski definition) is 1. The number of aryl methyl sites for hydroxylation is 1. The molecule has 4 rings (SSSR count). The van der Waals surface area contributed by atoms with E-state index in [9.17, 15) is 4.79 Å². The van der Waals surface area contributed by atoms with Crippen LogP contribution in [0.3, 0.4) is 0 Å². The van der Waals surface area contributed by atoms with E-state index < -0.39 is 5.91 Å². The van der Waals surface area contributed by atoms with Crippen molar-refractivity contribution in [2.75, 3.05) is 0 Å². The van der Waals surface area contributed by atoms with Crippen molar-refractivity contribution >= 4 is 18.2 Å². The van der Waals surface area contributed by atoms with Gasteiger partial charge in [0.25, 0.3) is 11.8 Å². The third kappa shape index (κ3) is 4.41. The number of furan rings is 1. The molecule has 0 saturated carbocycles. The van der Waals surface area contributed by atoms with Gasteiger partial charge in [0.05, 0.1) is 5.56 Å². The smallest absolute Gasteiger partial charge is 0.283 e. The molecule has 0 bridgehead atoms. The third-order valence-corrected chi connectivity index (χ3v) is 4.23. The number of rotatable bonds is 6. The molecule has 1 N–H and O–H groups in total. The first-order chi connectivity index (χ1) is 14.7. The standard InChI is InChI=1S/C23H18N4O3/c1-16-19(21(28)25-24-14-8-11-17-9-4-2-5-10-17)15-20(29-16)23-27-26-22(30-23)18-12-6-3-7-13-18/h2-15H,1H3,(H,25,28)/b11-8+,24-14+. The highest BCUT2D eigenvalue weighted by molar-refractivity contribution is 5.96. The molecule has 0 unspecified atom stereocenters. The van der Waals surface area contributed by atoms with Gasteiger partial charge in [-0.15, -0.1) is 10.2 Å². The minimum Gasteiger partial charge on any atom is -0.455 e. The predicted octanol–water partition coefficient (Wildman–Crippen LogP) is 4.73. The first kappa shape index (κ1) is 19.1. The molecule has 0 aliphatic heterocycles. The van der Waals surface area contributed by atoms with Crippen molar-refractivity contribution in [2.45, 2.75) is 6.92 Å². The van der Waals surface area contributed by atoms with Crippen LogP contribution >= 0.6 is 0 Å². The lowest BCUT2D eigenvalue weighted by molar-refractivity contribution is 0.0953. The highest BCUT2D eigenvalue weighted by Crippen LogP contribution is 2.27. The maximum atomic E-state index is 12.4. The van der Waals surface area contributed by atoms with Crippen molar-refractivity contribution < 1.29 is 13.6 Å². The van der Waals surface area contributed by atoms with E-state index in [0.717, 1.165) is 11.1 Å². The molecule has 0 atom stereocenters. The van der Waals surface area contributed by atoms with E-state index in [2.05, 4.69) is 20.7 Å². The molecule has 4 aromatic rings. The molecule has 148 valence electrons. The van der Waals surface area contributed by atoms with Crippen molar-refractivity contribution in [1.29, 1.82) is 0 Å². The maximum Gasteiger partial charge on any atom is 0.283 e. The molecule has 1 amide bonds. The van der Waals surface area contributed by atoms with Crippen molar-refractivity contribution in [3.8, 4) is 23.1 Å². The number of hydrogen-bond acceptors (Lipinski definition) is 6.